The molecular formula is C30H39F2N3O8. The van der Waals surface area contributed by atoms with Crippen LogP contribution in [-0.4, -0.2) is 63.8 Å². The predicted octanol–water partition coefficient (Wildman–Crippen LogP) is 4.57. The van der Waals surface area contributed by atoms with E-state index in [1.165, 1.54) is 0 Å². The van der Waals surface area contributed by atoms with Gasteiger partial charge in [0.2, 0.25) is 6.23 Å². The van der Waals surface area contributed by atoms with E-state index in [1.807, 2.05) is 30.3 Å². The molecule has 13 heteroatoms. The number of aliphatic hydroxyl groups excluding tert-OH is 1. The number of hydrogen-bond acceptors (Lipinski definition) is 9. The first-order chi connectivity index (χ1) is 20.6. The largest absolute Gasteiger partial charge is 0.453 e. The summed E-state index contributed by atoms with van der Waals surface area (Å²) in [5, 5.41) is 11.9. The van der Waals surface area contributed by atoms with Gasteiger partial charge in [-0.3, -0.25) is 19.5 Å². The minimum Gasteiger partial charge on any atom is -0.453 e. The van der Waals surface area contributed by atoms with E-state index in [4.69, 9.17) is 14.2 Å². The van der Waals surface area contributed by atoms with E-state index in [-0.39, 0.29) is 43.9 Å². The quantitative estimate of drug-likeness (QED) is 0.195. The second-order valence-electron chi connectivity index (χ2n) is 10.4. The van der Waals surface area contributed by atoms with E-state index < -0.39 is 48.7 Å². The number of aliphatic hydroxyl groups is 1. The van der Waals surface area contributed by atoms with Gasteiger partial charge in [-0.05, 0) is 30.9 Å². The van der Waals surface area contributed by atoms with Crippen molar-refractivity contribution < 1.29 is 42.5 Å². The number of anilines is 1. The van der Waals surface area contributed by atoms with Crippen LogP contribution in [0.2, 0.25) is 0 Å². The van der Waals surface area contributed by atoms with Gasteiger partial charge in [-0.1, -0.05) is 62.9 Å². The highest BCUT2D eigenvalue weighted by molar-refractivity contribution is 5.83. The van der Waals surface area contributed by atoms with Crippen molar-refractivity contribution in [2.45, 2.75) is 95.5 Å². The Bertz CT molecular complexity index is 1260. The molecule has 1 aliphatic rings. The highest BCUT2D eigenvalue weighted by Gasteiger charge is 2.62. The first-order valence-electron chi connectivity index (χ1n) is 14.6. The zero-order valence-corrected chi connectivity index (χ0v) is 24.2. The van der Waals surface area contributed by atoms with Crippen LogP contribution >= 0.6 is 0 Å². The lowest BCUT2D eigenvalue weighted by atomic mass is 10.0. The number of unbranched alkanes of at least 4 members (excludes halogenated alkanes) is 5. The van der Waals surface area contributed by atoms with Crippen molar-refractivity contribution >= 4 is 23.7 Å². The fraction of sp³-hybridized carbons (Fsp3) is 0.567. The zero-order valence-electron chi connectivity index (χ0n) is 24.2. The Morgan fingerprint density at radius 2 is 1.77 bits per heavy atom. The minimum atomic E-state index is -3.90. The molecule has 0 unspecified atom stereocenters. The molecule has 0 saturated carbocycles. The van der Waals surface area contributed by atoms with Crippen molar-refractivity contribution in [1.82, 2.24) is 9.55 Å². The molecule has 1 aromatic carbocycles. The summed E-state index contributed by atoms with van der Waals surface area (Å²) in [4.78, 5) is 52.7. The number of carbonyl (C=O) groups is 3. The molecule has 11 nitrogen and oxygen atoms in total. The molecule has 1 fully saturated rings. The maximum atomic E-state index is 15.4. The lowest BCUT2D eigenvalue weighted by Gasteiger charge is -2.24. The van der Waals surface area contributed by atoms with Gasteiger partial charge in [0.15, 0.2) is 6.10 Å². The molecule has 1 aromatic heterocycles. The molecule has 3 atom stereocenters. The Balaban J connectivity index is 1.50. The lowest BCUT2D eigenvalue weighted by molar-refractivity contribution is -0.176. The molecule has 2 N–H and O–H groups in total. The third-order valence-electron chi connectivity index (χ3n) is 6.91. The number of ether oxygens (including phenoxy) is 3. The molecule has 236 valence electrons. The SMILES string of the molecule is CCCCCCCOC(=O)Nc1ccn([C@@H]2O[C@H](CO)[C@@H](OC(=O)CCCCC(=O)Cc3ccccc3)C2(F)F)c(=O)n1. The lowest BCUT2D eigenvalue weighted by Crippen LogP contribution is -2.44. The second kappa shape index (κ2) is 16.8. The van der Waals surface area contributed by atoms with Gasteiger partial charge in [-0.25, -0.2) is 9.59 Å². The number of nitrogens with zero attached hydrogens (tertiary/aromatic N) is 2. The highest BCUT2D eigenvalue weighted by Crippen LogP contribution is 2.44. The first-order valence-corrected chi connectivity index (χ1v) is 14.6. The van der Waals surface area contributed by atoms with Crippen molar-refractivity contribution in [3.05, 3.63) is 58.6 Å². The van der Waals surface area contributed by atoms with Gasteiger partial charge < -0.3 is 19.3 Å². The number of carbonyl (C=O) groups excluding carboxylic acids is 3. The molecule has 0 radical (unpaired) electrons. The van der Waals surface area contributed by atoms with Crippen LogP contribution in [-0.2, 0) is 30.2 Å². The monoisotopic (exact) mass is 607 g/mol. The number of aromatic nitrogens is 2. The summed E-state index contributed by atoms with van der Waals surface area (Å²) < 4.78 is 46.5. The highest BCUT2D eigenvalue weighted by atomic mass is 19.3. The first kappa shape index (κ1) is 33.8. The van der Waals surface area contributed by atoms with E-state index >= 15 is 8.78 Å². The number of benzene rings is 1. The Kier molecular flexibility index (Phi) is 13.2. The molecule has 0 bridgehead atoms. The number of ketones is 1. The summed E-state index contributed by atoms with van der Waals surface area (Å²) in [6, 6.07) is 10.3. The molecule has 2 aromatic rings. The van der Waals surface area contributed by atoms with Crippen molar-refractivity contribution in [3.8, 4) is 0 Å². The van der Waals surface area contributed by atoms with E-state index in [9.17, 15) is 24.3 Å². The van der Waals surface area contributed by atoms with Crippen molar-refractivity contribution in [3.63, 3.8) is 0 Å². The predicted molar refractivity (Wildman–Crippen MR) is 152 cm³/mol. The second-order valence-corrected chi connectivity index (χ2v) is 10.4. The number of Topliss-reactive ketones (excluding diaryl/α,β-unsaturated/α-hetero) is 1. The molecule has 0 spiro atoms. The van der Waals surface area contributed by atoms with Crippen LogP contribution in [0.25, 0.3) is 0 Å². The molecule has 0 aliphatic carbocycles. The zero-order chi connectivity index (χ0) is 31.2. The number of halogens is 2. The normalized spacial score (nSPS) is 19.1. The van der Waals surface area contributed by atoms with Crippen LogP contribution in [0.15, 0.2) is 47.4 Å². The summed E-state index contributed by atoms with van der Waals surface area (Å²) in [7, 11) is 0. The fourth-order valence-corrected chi connectivity index (χ4v) is 4.64. The molecular weight excluding hydrogens is 568 g/mol. The number of hydrogen-bond donors (Lipinski definition) is 2. The smallest absolute Gasteiger partial charge is 0.412 e. The maximum Gasteiger partial charge on any atom is 0.412 e. The summed E-state index contributed by atoms with van der Waals surface area (Å²) in [5.74, 6) is -5.06. The van der Waals surface area contributed by atoms with Crippen LogP contribution in [0.5, 0.6) is 0 Å². The van der Waals surface area contributed by atoms with Gasteiger partial charge in [0, 0.05) is 25.5 Å². The number of alkyl halides is 2. The van der Waals surface area contributed by atoms with E-state index in [2.05, 4.69) is 17.2 Å². The number of esters is 1. The van der Waals surface area contributed by atoms with Crippen molar-refractivity contribution in [1.29, 1.82) is 0 Å². The fourth-order valence-electron chi connectivity index (χ4n) is 4.64. The Hall–Kier alpha value is -3.71. The van der Waals surface area contributed by atoms with E-state index in [0.717, 1.165) is 43.5 Å². The standard InChI is InChI=1S/C30H39F2N3O8/c1-2-3-4-5-11-18-41-29(40)34-24-16-17-35(28(39)33-24)27-30(31,32)26(23(20-36)42-27)43-25(38)15-10-9-14-22(37)19-21-12-7-6-8-13-21/h6-8,12-13,16-17,23,26-27,36H,2-5,9-11,14-15,18-20H2,1H3,(H,33,34,39,40)/t23-,26-,27-/m1/s1. The van der Waals surface area contributed by atoms with Gasteiger partial charge in [0.05, 0.1) is 13.2 Å². The average molecular weight is 608 g/mol. The van der Waals surface area contributed by atoms with Crippen LogP contribution < -0.4 is 11.0 Å². The van der Waals surface area contributed by atoms with Crippen molar-refractivity contribution in [2.24, 2.45) is 0 Å². The van der Waals surface area contributed by atoms with Crippen LogP contribution in [0.1, 0.15) is 76.5 Å². The van der Waals surface area contributed by atoms with Crippen molar-refractivity contribution in [2.75, 3.05) is 18.5 Å². The third kappa shape index (κ3) is 10.2. The van der Waals surface area contributed by atoms with Gasteiger partial charge in [0.1, 0.15) is 17.7 Å². The molecule has 1 saturated heterocycles. The minimum absolute atomic E-state index is 0.00607. The Labute approximate surface area is 248 Å². The molecule has 1 aliphatic heterocycles. The summed E-state index contributed by atoms with van der Waals surface area (Å²) in [6.45, 7) is 1.38. The summed E-state index contributed by atoms with van der Waals surface area (Å²) in [6.07, 6.45) is -0.167. The van der Waals surface area contributed by atoms with E-state index in [1.54, 1.807) is 0 Å². The van der Waals surface area contributed by atoms with E-state index in [0.29, 0.717) is 17.4 Å². The molecule has 43 heavy (non-hydrogen) atoms. The van der Waals surface area contributed by atoms with Crippen LogP contribution in [0, 0.1) is 0 Å². The topological polar surface area (TPSA) is 146 Å². The summed E-state index contributed by atoms with van der Waals surface area (Å²) in [5.41, 5.74) is -0.280. The maximum absolute atomic E-state index is 15.4. The Morgan fingerprint density at radius 3 is 2.47 bits per heavy atom. The third-order valence-corrected chi connectivity index (χ3v) is 6.91. The molecule has 1 amide bonds. The van der Waals surface area contributed by atoms with Crippen LogP contribution in [0.3, 0.4) is 0 Å². The molecule has 2 heterocycles. The Morgan fingerprint density at radius 1 is 1.05 bits per heavy atom. The summed E-state index contributed by atoms with van der Waals surface area (Å²) >= 11 is 0. The van der Waals surface area contributed by atoms with Gasteiger partial charge in [-0.2, -0.15) is 13.8 Å². The number of nitrogens with one attached hydrogen (secondary N) is 1. The average Bonchev–Trinajstić information content (AvgIpc) is 3.22. The molecule has 3 rings (SSSR count). The number of amides is 1. The van der Waals surface area contributed by atoms with Gasteiger partial charge in [0.25, 0.3) is 0 Å². The van der Waals surface area contributed by atoms with Gasteiger partial charge in [-0.15, -0.1) is 0 Å². The van der Waals surface area contributed by atoms with Crippen LogP contribution in [0.4, 0.5) is 19.4 Å². The number of rotatable bonds is 17. The van der Waals surface area contributed by atoms with Gasteiger partial charge >= 0.3 is 23.7 Å².